The minimum Gasteiger partial charge on any atom is -0.484 e. The van der Waals surface area contributed by atoms with E-state index in [9.17, 15) is 9.59 Å². The molecule has 3 rings (SSSR count). The number of hydrogen-bond donors (Lipinski definition) is 1. The quantitative estimate of drug-likeness (QED) is 0.224. The van der Waals surface area contributed by atoms with Crippen LogP contribution < -0.4 is 14.9 Å². The maximum absolute atomic E-state index is 12.1. The third-order valence-corrected chi connectivity index (χ3v) is 4.45. The Morgan fingerprint density at radius 3 is 2.50 bits per heavy atom. The van der Waals surface area contributed by atoms with Crippen molar-refractivity contribution in [3.63, 3.8) is 0 Å². The Balaban J connectivity index is 1.47. The molecule has 8 heteroatoms. The summed E-state index contributed by atoms with van der Waals surface area (Å²) in [6.45, 7) is -0.161. The number of hydrogen-bond acceptors (Lipinski definition) is 5. The lowest BCUT2D eigenvalue weighted by Crippen LogP contribution is -2.24. The van der Waals surface area contributed by atoms with Crippen LogP contribution in [-0.2, 0) is 4.79 Å². The molecule has 6 nitrogen and oxygen atoms in total. The van der Waals surface area contributed by atoms with Gasteiger partial charge in [0.25, 0.3) is 5.91 Å². The molecule has 0 atom stereocenters. The molecule has 152 valence electrons. The van der Waals surface area contributed by atoms with Gasteiger partial charge in [0.2, 0.25) is 0 Å². The topological polar surface area (TPSA) is 77.0 Å². The summed E-state index contributed by atoms with van der Waals surface area (Å²) in [4.78, 5) is 23.9. The number of nitrogens with zero attached hydrogens (tertiary/aromatic N) is 1. The van der Waals surface area contributed by atoms with Crippen molar-refractivity contribution in [3.05, 3.63) is 93.4 Å². The first-order chi connectivity index (χ1) is 14.5. The third-order valence-electron chi connectivity index (χ3n) is 3.72. The van der Waals surface area contributed by atoms with Crippen LogP contribution in [0.2, 0.25) is 5.02 Å². The Morgan fingerprint density at radius 1 is 1.00 bits per heavy atom. The molecular formula is C22H16BrClN2O4. The van der Waals surface area contributed by atoms with Crippen LogP contribution in [0.3, 0.4) is 0 Å². The van der Waals surface area contributed by atoms with Crippen LogP contribution in [0, 0.1) is 0 Å². The van der Waals surface area contributed by atoms with Crippen LogP contribution >= 0.6 is 27.5 Å². The van der Waals surface area contributed by atoms with Crippen LogP contribution in [0.15, 0.2) is 82.4 Å². The zero-order chi connectivity index (χ0) is 21.3. The van der Waals surface area contributed by atoms with Crippen molar-refractivity contribution in [2.75, 3.05) is 6.61 Å². The molecule has 3 aromatic carbocycles. The van der Waals surface area contributed by atoms with Gasteiger partial charge in [-0.3, -0.25) is 4.79 Å². The van der Waals surface area contributed by atoms with Gasteiger partial charge in [0.05, 0.1) is 11.8 Å². The van der Waals surface area contributed by atoms with Gasteiger partial charge in [0, 0.05) is 9.50 Å². The standard InChI is InChI=1S/C22H16BrClN2O4/c23-17-4-2-6-20(12-17)29-14-21(27)26-25-13-15-7-9-19(10-8-15)30-22(28)16-3-1-5-18(24)11-16/h1-13H,14H2,(H,26,27)/b25-13+. The van der Waals surface area contributed by atoms with E-state index < -0.39 is 11.9 Å². The molecule has 0 fully saturated rings. The fourth-order valence-electron chi connectivity index (χ4n) is 2.32. The summed E-state index contributed by atoms with van der Waals surface area (Å²) in [5.74, 6) is 0.0601. The van der Waals surface area contributed by atoms with Gasteiger partial charge < -0.3 is 9.47 Å². The maximum Gasteiger partial charge on any atom is 0.343 e. The number of halogens is 2. The molecule has 0 spiro atoms. The zero-order valence-electron chi connectivity index (χ0n) is 15.5. The van der Waals surface area contributed by atoms with Crippen molar-refractivity contribution in [2.45, 2.75) is 0 Å². The number of benzene rings is 3. The summed E-state index contributed by atoms with van der Waals surface area (Å²) in [7, 11) is 0. The van der Waals surface area contributed by atoms with Crippen molar-refractivity contribution in [1.29, 1.82) is 0 Å². The molecule has 0 aliphatic heterocycles. The average Bonchev–Trinajstić information content (AvgIpc) is 2.73. The maximum atomic E-state index is 12.1. The summed E-state index contributed by atoms with van der Waals surface area (Å²) in [5, 5.41) is 4.34. The minimum atomic E-state index is -0.503. The molecule has 30 heavy (non-hydrogen) atoms. The van der Waals surface area contributed by atoms with Crippen molar-refractivity contribution in [2.24, 2.45) is 5.10 Å². The molecule has 1 amide bonds. The molecular weight excluding hydrogens is 472 g/mol. The third kappa shape index (κ3) is 6.72. The van der Waals surface area contributed by atoms with E-state index in [0.29, 0.717) is 27.6 Å². The Hall–Kier alpha value is -3.16. The Kier molecular flexibility index (Phi) is 7.59. The fourth-order valence-corrected chi connectivity index (χ4v) is 2.89. The van der Waals surface area contributed by atoms with E-state index in [1.807, 2.05) is 12.1 Å². The van der Waals surface area contributed by atoms with Gasteiger partial charge in [-0.05, 0) is 66.2 Å². The predicted octanol–water partition coefficient (Wildman–Crippen LogP) is 4.85. The molecule has 0 saturated heterocycles. The monoisotopic (exact) mass is 486 g/mol. The molecule has 0 aromatic heterocycles. The predicted molar refractivity (Wildman–Crippen MR) is 118 cm³/mol. The molecule has 3 aromatic rings. The van der Waals surface area contributed by atoms with Gasteiger partial charge in [0.1, 0.15) is 11.5 Å². The van der Waals surface area contributed by atoms with Gasteiger partial charge in [0.15, 0.2) is 6.61 Å². The molecule has 0 bridgehead atoms. The summed E-state index contributed by atoms with van der Waals surface area (Å²) < 4.78 is 11.5. The van der Waals surface area contributed by atoms with Gasteiger partial charge >= 0.3 is 5.97 Å². The summed E-state index contributed by atoms with van der Waals surface area (Å²) in [5.41, 5.74) is 3.46. The molecule has 0 radical (unpaired) electrons. The molecule has 0 heterocycles. The lowest BCUT2D eigenvalue weighted by Gasteiger charge is -2.05. The zero-order valence-corrected chi connectivity index (χ0v) is 17.9. The first-order valence-corrected chi connectivity index (χ1v) is 9.95. The highest BCUT2D eigenvalue weighted by atomic mass is 79.9. The van der Waals surface area contributed by atoms with Crippen LogP contribution in [0.4, 0.5) is 0 Å². The van der Waals surface area contributed by atoms with E-state index in [0.717, 1.165) is 4.47 Å². The van der Waals surface area contributed by atoms with Gasteiger partial charge in [-0.25, -0.2) is 10.2 Å². The first kappa shape index (κ1) is 21.5. The number of carbonyl (C=O) groups is 2. The van der Waals surface area contributed by atoms with Gasteiger partial charge in [-0.2, -0.15) is 5.10 Å². The van der Waals surface area contributed by atoms with E-state index in [1.165, 1.54) is 12.3 Å². The molecule has 1 N–H and O–H groups in total. The molecule has 0 aliphatic carbocycles. The number of amides is 1. The number of hydrazone groups is 1. The lowest BCUT2D eigenvalue weighted by atomic mass is 10.2. The van der Waals surface area contributed by atoms with E-state index in [4.69, 9.17) is 21.1 Å². The second-order valence-corrected chi connectivity index (χ2v) is 7.36. The van der Waals surface area contributed by atoms with E-state index in [-0.39, 0.29) is 6.61 Å². The molecule has 0 saturated carbocycles. The summed E-state index contributed by atoms with van der Waals surface area (Å²) in [6.07, 6.45) is 1.47. The number of rotatable bonds is 7. The summed E-state index contributed by atoms with van der Waals surface area (Å²) >= 11 is 9.21. The largest absolute Gasteiger partial charge is 0.484 e. The highest BCUT2D eigenvalue weighted by Gasteiger charge is 2.09. The van der Waals surface area contributed by atoms with Crippen LogP contribution in [0.5, 0.6) is 11.5 Å². The fraction of sp³-hybridized carbons (Fsp3) is 0.0455. The number of carbonyl (C=O) groups excluding carboxylic acids is 2. The first-order valence-electron chi connectivity index (χ1n) is 8.78. The number of ether oxygens (including phenoxy) is 2. The average molecular weight is 488 g/mol. The van der Waals surface area contributed by atoms with Crippen LogP contribution in [-0.4, -0.2) is 24.7 Å². The normalized spacial score (nSPS) is 10.6. The Labute approximate surface area is 186 Å². The van der Waals surface area contributed by atoms with E-state index >= 15 is 0 Å². The second kappa shape index (κ2) is 10.6. The minimum absolute atomic E-state index is 0.161. The smallest absolute Gasteiger partial charge is 0.343 e. The molecule has 0 aliphatic rings. The van der Waals surface area contributed by atoms with Gasteiger partial charge in [-0.15, -0.1) is 0 Å². The van der Waals surface area contributed by atoms with Crippen molar-refractivity contribution in [3.8, 4) is 11.5 Å². The second-order valence-electron chi connectivity index (χ2n) is 6.01. The van der Waals surface area contributed by atoms with Crippen LogP contribution in [0.25, 0.3) is 0 Å². The summed E-state index contributed by atoms with van der Waals surface area (Å²) in [6, 6.07) is 20.4. The lowest BCUT2D eigenvalue weighted by molar-refractivity contribution is -0.123. The SMILES string of the molecule is O=C(COc1cccc(Br)c1)N/N=C/c1ccc(OC(=O)c2cccc(Cl)c2)cc1. The molecule has 0 unspecified atom stereocenters. The van der Waals surface area contributed by atoms with Crippen molar-refractivity contribution < 1.29 is 19.1 Å². The number of nitrogens with one attached hydrogen (secondary N) is 1. The highest BCUT2D eigenvalue weighted by molar-refractivity contribution is 9.10. The van der Waals surface area contributed by atoms with E-state index in [1.54, 1.807) is 54.6 Å². The van der Waals surface area contributed by atoms with Crippen LogP contribution in [0.1, 0.15) is 15.9 Å². The Morgan fingerprint density at radius 2 is 1.77 bits per heavy atom. The van der Waals surface area contributed by atoms with Gasteiger partial charge in [-0.1, -0.05) is 39.7 Å². The van der Waals surface area contributed by atoms with E-state index in [2.05, 4.69) is 26.5 Å². The van der Waals surface area contributed by atoms with Crippen molar-refractivity contribution >= 4 is 45.6 Å². The highest BCUT2D eigenvalue weighted by Crippen LogP contribution is 2.18. The number of esters is 1. The Bertz CT molecular complexity index is 1070. The van der Waals surface area contributed by atoms with Crippen molar-refractivity contribution in [1.82, 2.24) is 5.43 Å².